The molecule has 4 heteroatoms. The first-order chi connectivity index (χ1) is 13.6. The number of rotatable bonds is 6. The number of benzene rings is 3. The van der Waals surface area contributed by atoms with Crippen LogP contribution in [0, 0.1) is 5.92 Å². The van der Waals surface area contributed by atoms with Crippen molar-refractivity contribution in [3.8, 4) is 0 Å². The van der Waals surface area contributed by atoms with Gasteiger partial charge in [-0.2, -0.15) is 0 Å². The lowest BCUT2D eigenvalue weighted by Crippen LogP contribution is -2.28. The molecule has 1 fully saturated rings. The van der Waals surface area contributed by atoms with Crippen LogP contribution in [0.4, 0.5) is 5.69 Å². The molecular formula is C24H24N2O2. The fraction of sp³-hybridized carbons (Fsp3) is 0.250. The minimum Gasteiger partial charge on any atom is -0.349 e. The van der Waals surface area contributed by atoms with Gasteiger partial charge in [0.05, 0.1) is 12.5 Å². The molecule has 4 rings (SSSR count). The van der Waals surface area contributed by atoms with Gasteiger partial charge in [-0.05, 0) is 53.8 Å². The molecule has 0 aromatic heterocycles. The Bertz CT molecular complexity index is 1000. The fourth-order valence-electron chi connectivity index (χ4n) is 3.44. The van der Waals surface area contributed by atoms with E-state index in [4.69, 9.17) is 0 Å². The van der Waals surface area contributed by atoms with Crippen molar-refractivity contribution in [3.05, 3.63) is 77.9 Å². The third-order valence-corrected chi connectivity index (χ3v) is 5.23. The summed E-state index contributed by atoms with van der Waals surface area (Å²) in [6.45, 7) is 1.97. The minimum absolute atomic E-state index is 0.00466. The van der Waals surface area contributed by atoms with Gasteiger partial charge in [0.15, 0.2) is 0 Å². The molecule has 0 bridgehead atoms. The molecule has 0 aliphatic heterocycles. The van der Waals surface area contributed by atoms with E-state index in [1.54, 1.807) is 0 Å². The largest absolute Gasteiger partial charge is 0.349 e. The summed E-state index contributed by atoms with van der Waals surface area (Å²) in [7, 11) is 0. The Labute approximate surface area is 165 Å². The van der Waals surface area contributed by atoms with Crippen LogP contribution in [0.2, 0.25) is 0 Å². The summed E-state index contributed by atoms with van der Waals surface area (Å²) in [5.74, 6) is 0.283. The Morgan fingerprint density at radius 2 is 1.68 bits per heavy atom. The summed E-state index contributed by atoms with van der Waals surface area (Å²) in [6.07, 6.45) is 2.33. The third-order valence-electron chi connectivity index (χ3n) is 5.23. The Morgan fingerprint density at radius 3 is 2.43 bits per heavy atom. The molecule has 3 aromatic carbocycles. The average Bonchev–Trinajstić information content (AvgIpc) is 3.54. The van der Waals surface area contributed by atoms with Crippen molar-refractivity contribution in [1.29, 1.82) is 0 Å². The molecule has 3 aromatic rings. The SMILES string of the molecule is CC(NC(=O)Cc1cccc2ccccc12)c1ccc(NC(=O)C2CC2)cc1. The Kier molecular flexibility index (Phi) is 5.11. The van der Waals surface area contributed by atoms with Gasteiger partial charge in [-0.3, -0.25) is 9.59 Å². The standard InChI is InChI=1S/C24H24N2O2/c1-16(17-11-13-21(14-12-17)26-24(28)19-9-10-19)25-23(27)15-20-7-4-6-18-5-2-3-8-22(18)20/h2-8,11-14,16,19H,9-10,15H2,1H3,(H,25,27)(H,26,28). The monoisotopic (exact) mass is 372 g/mol. The van der Waals surface area contributed by atoms with Crippen LogP contribution in [0.15, 0.2) is 66.7 Å². The molecule has 1 atom stereocenters. The lowest BCUT2D eigenvalue weighted by molar-refractivity contribution is -0.121. The van der Waals surface area contributed by atoms with Crippen LogP contribution in [-0.4, -0.2) is 11.8 Å². The van der Waals surface area contributed by atoms with Crippen LogP contribution in [0.3, 0.4) is 0 Å². The Hall–Kier alpha value is -3.14. The average molecular weight is 372 g/mol. The number of amides is 2. The summed E-state index contributed by atoms with van der Waals surface area (Å²) in [5, 5.41) is 8.26. The molecule has 1 saturated carbocycles. The second-order valence-electron chi connectivity index (χ2n) is 7.49. The predicted octanol–water partition coefficient (Wildman–Crippen LogP) is 4.61. The van der Waals surface area contributed by atoms with Crippen molar-refractivity contribution in [2.75, 3.05) is 5.32 Å². The second kappa shape index (κ2) is 7.85. The Morgan fingerprint density at radius 1 is 0.964 bits per heavy atom. The van der Waals surface area contributed by atoms with Crippen molar-refractivity contribution < 1.29 is 9.59 Å². The topological polar surface area (TPSA) is 58.2 Å². The highest BCUT2D eigenvalue weighted by Gasteiger charge is 2.29. The van der Waals surface area contributed by atoms with Crippen LogP contribution in [0.1, 0.15) is 36.9 Å². The smallest absolute Gasteiger partial charge is 0.227 e. The van der Waals surface area contributed by atoms with Crippen molar-refractivity contribution in [2.45, 2.75) is 32.2 Å². The maximum Gasteiger partial charge on any atom is 0.227 e. The maximum atomic E-state index is 12.6. The second-order valence-corrected chi connectivity index (χ2v) is 7.49. The molecular weight excluding hydrogens is 348 g/mol. The first kappa shape index (κ1) is 18.2. The van der Waals surface area contributed by atoms with Gasteiger partial charge in [0.1, 0.15) is 0 Å². The van der Waals surface area contributed by atoms with Gasteiger partial charge in [0, 0.05) is 11.6 Å². The van der Waals surface area contributed by atoms with E-state index < -0.39 is 0 Å². The minimum atomic E-state index is -0.101. The number of nitrogens with one attached hydrogen (secondary N) is 2. The number of hydrogen-bond acceptors (Lipinski definition) is 2. The molecule has 2 amide bonds. The van der Waals surface area contributed by atoms with E-state index in [1.807, 2.05) is 55.5 Å². The molecule has 4 nitrogen and oxygen atoms in total. The molecule has 28 heavy (non-hydrogen) atoms. The van der Waals surface area contributed by atoms with Gasteiger partial charge in [-0.15, -0.1) is 0 Å². The zero-order chi connectivity index (χ0) is 19.5. The number of hydrogen-bond donors (Lipinski definition) is 2. The molecule has 142 valence electrons. The van der Waals surface area contributed by atoms with E-state index in [-0.39, 0.29) is 23.8 Å². The number of carbonyl (C=O) groups is 2. The zero-order valence-electron chi connectivity index (χ0n) is 15.9. The van der Waals surface area contributed by atoms with Gasteiger partial charge in [-0.1, -0.05) is 54.6 Å². The van der Waals surface area contributed by atoms with Crippen molar-refractivity contribution in [1.82, 2.24) is 5.32 Å². The molecule has 1 aliphatic carbocycles. The highest BCUT2D eigenvalue weighted by atomic mass is 16.2. The van der Waals surface area contributed by atoms with Gasteiger partial charge in [0.25, 0.3) is 0 Å². The molecule has 0 saturated heterocycles. The van der Waals surface area contributed by atoms with Gasteiger partial charge in [-0.25, -0.2) is 0 Å². The van der Waals surface area contributed by atoms with Crippen LogP contribution >= 0.6 is 0 Å². The molecule has 1 aliphatic rings. The summed E-state index contributed by atoms with van der Waals surface area (Å²) in [5.41, 5.74) is 2.84. The lowest BCUT2D eigenvalue weighted by atomic mass is 10.0. The Balaban J connectivity index is 1.38. The first-order valence-electron chi connectivity index (χ1n) is 9.77. The van der Waals surface area contributed by atoms with Crippen LogP contribution in [0.5, 0.6) is 0 Å². The number of fused-ring (bicyclic) bond motifs is 1. The third kappa shape index (κ3) is 4.22. The zero-order valence-corrected chi connectivity index (χ0v) is 15.9. The van der Waals surface area contributed by atoms with Gasteiger partial charge in [0.2, 0.25) is 11.8 Å². The summed E-state index contributed by atoms with van der Waals surface area (Å²) in [4.78, 5) is 24.4. The van der Waals surface area contributed by atoms with E-state index in [2.05, 4.69) is 28.8 Å². The van der Waals surface area contributed by atoms with Crippen LogP contribution in [-0.2, 0) is 16.0 Å². The number of carbonyl (C=O) groups excluding carboxylic acids is 2. The van der Waals surface area contributed by atoms with E-state index in [0.717, 1.165) is 40.4 Å². The van der Waals surface area contributed by atoms with Gasteiger partial charge >= 0.3 is 0 Å². The maximum absolute atomic E-state index is 12.6. The van der Waals surface area contributed by atoms with Crippen LogP contribution < -0.4 is 10.6 Å². The predicted molar refractivity (Wildman–Crippen MR) is 112 cm³/mol. The van der Waals surface area contributed by atoms with Crippen LogP contribution in [0.25, 0.3) is 10.8 Å². The van der Waals surface area contributed by atoms with E-state index in [1.165, 1.54) is 0 Å². The molecule has 2 N–H and O–H groups in total. The lowest BCUT2D eigenvalue weighted by Gasteiger charge is -2.16. The molecule has 0 heterocycles. The highest BCUT2D eigenvalue weighted by Crippen LogP contribution is 2.30. The first-order valence-corrected chi connectivity index (χ1v) is 9.77. The molecule has 0 radical (unpaired) electrons. The van der Waals surface area contributed by atoms with E-state index in [0.29, 0.717) is 6.42 Å². The summed E-state index contributed by atoms with van der Waals surface area (Å²) in [6, 6.07) is 21.7. The summed E-state index contributed by atoms with van der Waals surface area (Å²) < 4.78 is 0. The highest BCUT2D eigenvalue weighted by molar-refractivity contribution is 5.94. The van der Waals surface area contributed by atoms with Crippen molar-refractivity contribution in [2.24, 2.45) is 5.92 Å². The van der Waals surface area contributed by atoms with Crippen molar-refractivity contribution in [3.63, 3.8) is 0 Å². The van der Waals surface area contributed by atoms with E-state index in [9.17, 15) is 9.59 Å². The summed E-state index contributed by atoms with van der Waals surface area (Å²) >= 11 is 0. The van der Waals surface area contributed by atoms with Crippen molar-refractivity contribution >= 4 is 28.3 Å². The van der Waals surface area contributed by atoms with Gasteiger partial charge < -0.3 is 10.6 Å². The normalized spacial score (nSPS) is 14.5. The molecule has 0 spiro atoms. The quantitative estimate of drug-likeness (QED) is 0.664. The molecule has 1 unspecified atom stereocenters. The number of anilines is 1. The van der Waals surface area contributed by atoms with E-state index >= 15 is 0 Å². The fourth-order valence-corrected chi connectivity index (χ4v) is 3.44.